The fraction of sp³-hybridized carbons (Fsp3) is 0.462. The number of fused-ring (bicyclic) bond motifs is 1. The molecule has 1 aliphatic rings. The average molecular weight is 377 g/mol. The van der Waals surface area contributed by atoms with Crippen LogP contribution in [0.2, 0.25) is 0 Å². The number of halogens is 2. The van der Waals surface area contributed by atoms with Crippen molar-refractivity contribution in [1.82, 2.24) is 5.32 Å². The van der Waals surface area contributed by atoms with Crippen molar-refractivity contribution in [2.24, 2.45) is 0 Å². The Labute approximate surface area is 124 Å². The van der Waals surface area contributed by atoms with Crippen molar-refractivity contribution in [2.75, 3.05) is 10.7 Å². The lowest BCUT2D eigenvalue weighted by Crippen LogP contribution is -2.53. The van der Waals surface area contributed by atoms with Crippen molar-refractivity contribution in [3.8, 4) is 5.75 Å². The summed E-state index contributed by atoms with van der Waals surface area (Å²) in [7, 11) is 0. The molecule has 1 aliphatic heterocycles. The Kier molecular flexibility index (Phi) is 4.33. The van der Waals surface area contributed by atoms with Crippen LogP contribution in [0.5, 0.6) is 5.75 Å². The minimum Gasteiger partial charge on any atom is -0.480 e. The molecule has 1 N–H and O–H groups in total. The van der Waals surface area contributed by atoms with Gasteiger partial charge in [-0.3, -0.25) is 4.79 Å². The summed E-state index contributed by atoms with van der Waals surface area (Å²) in [5, 5.41) is 4.39. The first-order valence-corrected chi connectivity index (χ1v) is 8.01. The maximum atomic E-state index is 12.2. The molecule has 3 nitrogen and oxygen atoms in total. The number of carbonyl (C=O) groups is 1. The van der Waals surface area contributed by atoms with Gasteiger partial charge >= 0.3 is 0 Å². The molecular weight excluding hydrogens is 362 g/mol. The van der Waals surface area contributed by atoms with E-state index in [0.717, 1.165) is 11.3 Å². The van der Waals surface area contributed by atoms with E-state index in [1.807, 2.05) is 31.2 Å². The first-order chi connectivity index (χ1) is 8.58. The molecule has 0 spiro atoms. The largest absolute Gasteiger partial charge is 0.480 e. The predicted molar refractivity (Wildman–Crippen MR) is 78.7 cm³/mol. The maximum Gasteiger partial charge on any atom is 0.261 e. The summed E-state index contributed by atoms with van der Waals surface area (Å²) in [6, 6.07) is 7.78. The van der Waals surface area contributed by atoms with Gasteiger partial charge in [-0.1, -0.05) is 50.1 Å². The lowest BCUT2D eigenvalue weighted by atomic mass is 10.1. The molecule has 0 radical (unpaired) electrons. The van der Waals surface area contributed by atoms with Gasteiger partial charge in [-0.25, -0.2) is 0 Å². The van der Waals surface area contributed by atoms with E-state index in [1.165, 1.54) is 0 Å². The molecule has 1 heterocycles. The van der Waals surface area contributed by atoms with Crippen LogP contribution in [0.1, 0.15) is 12.5 Å². The fourth-order valence-corrected chi connectivity index (χ4v) is 3.02. The molecule has 0 saturated heterocycles. The van der Waals surface area contributed by atoms with E-state index in [4.69, 9.17) is 4.74 Å². The summed E-state index contributed by atoms with van der Waals surface area (Å²) >= 11 is 6.82. The van der Waals surface area contributed by atoms with E-state index in [9.17, 15) is 4.79 Å². The highest BCUT2D eigenvalue weighted by Crippen LogP contribution is 2.28. The summed E-state index contributed by atoms with van der Waals surface area (Å²) in [5.74, 6) is 0.754. The molecule has 0 fully saturated rings. The summed E-state index contributed by atoms with van der Waals surface area (Å²) < 4.78 is 5.66. The number of ether oxygens (including phenoxy) is 1. The van der Waals surface area contributed by atoms with Crippen LogP contribution in [0.15, 0.2) is 24.3 Å². The van der Waals surface area contributed by atoms with Gasteiger partial charge in [0.2, 0.25) is 0 Å². The van der Waals surface area contributed by atoms with Crippen LogP contribution >= 0.6 is 31.9 Å². The Morgan fingerprint density at radius 3 is 2.72 bits per heavy atom. The number of amides is 1. The Morgan fingerprint density at radius 1 is 1.44 bits per heavy atom. The second-order valence-corrected chi connectivity index (χ2v) is 5.86. The van der Waals surface area contributed by atoms with E-state index < -0.39 is 6.10 Å². The average Bonchev–Trinajstić information content (AvgIpc) is 2.82. The van der Waals surface area contributed by atoms with Crippen LogP contribution in [-0.4, -0.2) is 28.2 Å². The fourth-order valence-electron chi connectivity index (χ4n) is 1.81. The number of alkyl halides is 2. The topological polar surface area (TPSA) is 38.3 Å². The number of hydrogen-bond acceptors (Lipinski definition) is 2. The lowest BCUT2D eigenvalue weighted by Gasteiger charge is -2.27. The first-order valence-electron chi connectivity index (χ1n) is 5.76. The Morgan fingerprint density at radius 2 is 2.11 bits per heavy atom. The van der Waals surface area contributed by atoms with Gasteiger partial charge in [-0.05, 0) is 18.6 Å². The van der Waals surface area contributed by atoms with E-state index in [2.05, 4.69) is 37.2 Å². The number of benzene rings is 1. The zero-order chi connectivity index (χ0) is 13.2. The van der Waals surface area contributed by atoms with Crippen LogP contribution in [-0.2, 0) is 11.2 Å². The number of rotatable bonds is 4. The van der Waals surface area contributed by atoms with Crippen molar-refractivity contribution in [2.45, 2.75) is 25.0 Å². The van der Waals surface area contributed by atoms with E-state index >= 15 is 0 Å². The molecule has 0 aromatic heterocycles. The summed E-state index contributed by atoms with van der Waals surface area (Å²) in [6.07, 6.45) is 0.225. The van der Waals surface area contributed by atoms with Crippen molar-refractivity contribution in [3.05, 3.63) is 29.8 Å². The monoisotopic (exact) mass is 375 g/mol. The van der Waals surface area contributed by atoms with Crippen LogP contribution in [0.3, 0.4) is 0 Å². The molecule has 5 heteroatoms. The third kappa shape index (κ3) is 2.88. The second-order valence-electron chi connectivity index (χ2n) is 4.74. The van der Waals surface area contributed by atoms with Crippen molar-refractivity contribution < 1.29 is 9.53 Å². The molecule has 0 aliphatic carbocycles. The highest BCUT2D eigenvalue weighted by molar-refractivity contribution is 9.09. The quantitative estimate of drug-likeness (QED) is 0.820. The molecule has 1 aromatic carbocycles. The van der Waals surface area contributed by atoms with Crippen molar-refractivity contribution in [1.29, 1.82) is 0 Å². The number of hydrogen-bond donors (Lipinski definition) is 1. The summed E-state index contributed by atoms with van der Waals surface area (Å²) in [5.41, 5.74) is 0.798. The van der Waals surface area contributed by atoms with Gasteiger partial charge in [0.05, 0.1) is 5.54 Å². The third-order valence-electron chi connectivity index (χ3n) is 2.95. The smallest absolute Gasteiger partial charge is 0.261 e. The zero-order valence-electron chi connectivity index (χ0n) is 10.1. The highest BCUT2D eigenvalue weighted by Gasteiger charge is 2.33. The number of carbonyl (C=O) groups excluding carboxylic acids is 1. The predicted octanol–water partition coefficient (Wildman–Crippen LogP) is 2.65. The lowest BCUT2D eigenvalue weighted by molar-refractivity contribution is -0.128. The molecule has 98 valence electrons. The van der Waals surface area contributed by atoms with Gasteiger partial charge in [0.25, 0.3) is 5.91 Å². The Hall–Kier alpha value is -0.550. The minimum atomic E-state index is -0.417. The van der Waals surface area contributed by atoms with Gasteiger partial charge in [0.1, 0.15) is 5.75 Å². The van der Waals surface area contributed by atoms with Gasteiger partial charge in [0, 0.05) is 17.1 Å². The molecule has 1 amide bonds. The van der Waals surface area contributed by atoms with Crippen LogP contribution in [0.25, 0.3) is 0 Å². The standard InChI is InChI=1S/C13H15Br2NO2/c1-13(7-14,8-15)16-12(17)11-6-9-4-2-3-5-10(9)18-11/h2-5,11H,6-8H2,1H3,(H,16,17). The summed E-state index contributed by atoms with van der Waals surface area (Å²) in [4.78, 5) is 12.2. The van der Waals surface area contributed by atoms with E-state index in [0.29, 0.717) is 17.1 Å². The van der Waals surface area contributed by atoms with Crippen LogP contribution in [0.4, 0.5) is 0 Å². The van der Waals surface area contributed by atoms with E-state index in [-0.39, 0.29) is 11.4 Å². The molecule has 18 heavy (non-hydrogen) atoms. The SMILES string of the molecule is CC(CBr)(CBr)NC(=O)C1Cc2ccccc2O1. The number of para-hydroxylation sites is 1. The molecule has 2 rings (SSSR count). The van der Waals surface area contributed by atoms with Crippen molar-refractivity contribution in [3.63, 3.8) is 0 Å². The Bertz CT molecular complexity index is 421. The molecule has 0 saturated carbocycles. The van der Waals surface area contributed by atoms with E-state index in [1.54, 1.807) is 0 Å². The van der Waals surface area contributed by atoms with Gasteiger partial charge < -0.3 is 10.1 Å². The van der Waals surface area contributed by atoms with Crippen LogP contribution in [0, 0.1) is 0 Å². The molecule has 0 bridgehead atoms. The zero-order valence-corrected chi connectivity index (χ0v) is 13.3. The van der Waals surface area contributed by atoms with Gasteiger partial charge in [-0.15, -0.1) is 0 Å². The maximum absolute atomic E-state index is 12.2. The minimum absolute atomic E-state index is 0.0624. The number of nitrogens with one attached hydrogen (secondary N) is 1. The van der Waals surface area contributed by atoms with Gasteiger partial charge in [-0.2, -0.15) is 0 Å². The third-order valence-corrected chi connectivity index (χ3v) is 5.43. The van der Waals surface area contributed by atoms with Crippen LogP contribution < -0.4 is 10.1 Å². The normalized spacial score (nSPS) is 18.1. The Balaban J connectivity index is 2.01. The highest BCUT2D eigenvalue weighted by atomic mass is 79.9. The van der Waals surface area contributed by atoms with Crippen molar-refractivity contribution >= 4 is 37.8 Å². The molecule has 1 atom stereocenters. The first kappa shape index (κ1) is 13.9. The molecular formula is C13H15Br2NO2. The summed E-state index contributed by atoms with van der Waals surface area (Å²) in [6.45, 7) is 1.98. The second kappa shape index (κ2) is 5.61. The molecule has 1 unspecified atom stereocenters. The molecule has 1 aromatic rings. The van der Waals surface area contributed by atoms with Gasteiger partial charge in [0.15, 0.2) is 6.10 Å².